The summed E-state index contributed by atoms with van der Waals surface area (Å²) in [5.41, 5.74) is 0. The molecule has 0 aromatic rings. The topological polar surface area (TPSA) is 55.8 Å². The second kappa shape index (κ2) is 5.19. The van der Waals surface area contributed by atoms with Gasteiger partial charge in [0.25, 0.3) is 0 Å². The Hall–Kier alpha value is -0.610. The third kappa shape index (κ3) is 3.74. The van der Waals surface area contributed by atoms with Crippen LogP contribution in [-0.2, 0) is 14.3 Å². The van der Waals surface area contributed by atoms with Gasteiger partial charge in [-0.05, 0) is 25.7 Å². The molecule has 1 fully saturated rings. The number of aliphatic carboxylic acids is 1. The van der Waals surface area contributed by atoms with E-state index in [0.717, 1.165) is 25.7 Å². The van der Waals surface area contributed by atoms with Crippen LogP contribution in [0.25, 0.3) is 0 Å². The van der Waals surface area contributed by atoms with E-state index in [4.69, 9.17) is 14.6 Å². The normalized spacial score (nSPS) is 28.7. The van der Waals surface area contributed by atoms with Gasteiger partial charge < -0.3 is 14.6 Å². The largest absolute Gasteiger partial charge is 0.480 e. The Morgan fingerprint density at radius 3 is 2.77 bits per heavy atom. The summed E-state index contributed by atoms with van der Waals surface area (Å²) < 4.78 is 10.4. The SMILES string of the molecule is COC1CCCC(OCC(=O)O)C1. The summed E-state index contributed by atoms with van der Waals surface area (Å²) in [6, 6.07) is 0. The maximum atomic E-state index is 10.2. The summed E-state index contributed by atoms with van der Waals surface area (Å²) in [6.07, 6.45) is 4.20. The van der Waals surface area contributed by atoms with Crippen molar-refractivity contribution in [2.45, 2.75) is 37.9 Å². The Morgan fingerprint density at radius 2 is 2.15 bits per heavy atom. The first-order valence-corrected chi connectivity index (χ1v) is 4.58. The van der Waals surface area contributed by atoms with Gasteiger partial charge in [-0.15, -0.1) is 0 Å². The van der Waals surface area contributed by atoms with Gasteiger partial charge >= 0.3 is 5.97 Å². The minimum absolute atomic E-state index is 0.0646. The average molecular weight is 188 g/mol. The number of carboxylic acids is 1. The number of methoxy groups -OCH3 is 1. The molecule has 0 aromatic heterocycles. The van der Waals surface area contributed by atoms with Crippen LogP contribution in [0.15, 0.2) is 0 Å². The van der Waals surface area contributed by atoms with Crippen LogP contribution in [-0.4, -0.2) is 37.0 Å². The van der Waals surface area contributed by atoms with Crippen molar-refractivity contribution in [3.8, 4) is 0 Å². The van der Waals surface area contributed by atoms with Crippen molar-refractivity contribution in [1.82, 2.24) is 0 Å². The molecule has 2 unspecified atom stereocenters. The fourth-order valence-corrected chi connectivity index (χ4v) is 1.66. The van der Waals surface area contributed by atoms with Gasteiger partial charge in [-0.25, -0.2) is 4.79 Å². The Kier molecular flexibility index (Phi) is 4.18. The third-order valence-electron chi connectivity index (χ3n) is 2.35. The summed E-state index contributed by atoms with van der Waals surface area (Å²) in [5.74, 6) is -0.903. The molecule has 76 valence electrons. The maximum Gasteiger partial charge on any atom is 0.329 e. The Balaban J connectivity index is 2.21. The van der Waals surface area contributed by atoms with Crippen LogP contribution in [0, 0.1) is 0 Å². The summed E-state index contributed by atoms with van der Waals surface area (Å²) in [5, 5.41) is 8.41. The van der Waals surface area contributed by atoms with Gasteiger partial charge in [0, 0.05) is 7.11 Å². The molecule has 0 radical (unpaired) electrons. The lowest BCUT2D eigenvalue weighted by molar-refractivity contribution is -0.146. The highest BCUT2D eigenvalue weighted by atomic mass is 16.5. The van der Waals surface area contributed by atoms with Gasteiger partial charge in [0.15, 0.2) is 0 Å². The standard InChI is InChI=1S/C9H16O4/c1-12-7-3-2-4-8(5-7)13-6-9(10)11/h7-8H,2-6H2,1H3,(H,10,11). The lowest BCUT2D eigenvalue weighted by Crippen LogP contribution is -2.29. The number of ether oxygens (including phenoxy) is 2. The van der Waals surface area contributed by atoms with Gasteiger partial charge in [-0.1, -0.05) is 0 Å². The Morgan fingerprint density at radius 1 is 1.46 bits per heavy atom. The number of carbonyl (C=O) groups is 1. The van der Waals surface area contributed by atoms with E-state index in [9.17, 15) is 4.79 Å². The number of carboxylic acid groups (broad SMARTS) is 1. The molecule has 0 aromatic carbocycles. The van der Waals surface area contributed by atoms with Crippen LogP contribution in [0.2, 0.25) is 0 Å². The second-order valence-electron chi connectivity index (χ2n) is 3.35. The molecule has 0 spiro atoms. The third-order valence-corrected chi connectivity index (χ3v) is 2.35. The molecule has 0 amide bonds. The molecular formula is C9H16O4. The van der Waals surface area contributed by atoms with Crippen LogP contribution in [0.5, 0.6) is 0 Å². The van der Waals surface area contributed by atoms with Crippen molar-refractivity contribution in [3.63, 3.8) is 0 Å². The van der Waals surface area contributed by atoms with E-state index in [1.54, 1.807) is 7.11 Å². The number of hydrogen-bond donors (Lipinski definition) is 1. The van der Waals surface area contributed by atoms with Crippen LogP contribution >= 0.6 is 0 Å². The Labute approximate surface area is 77.8 Å². The second-order valence-corrected chi connectivity index (χ2v) is 3.35. The zero-order valence-corrected chi connectivity index (χ0v) is 7.86. The molecule has 1 aliphatic rings. The molecule has 1 aliphatic carbocycles. The molecule has 4 nitrogen and oxygen atoms in total. The first kappa shape index (κ1) is 10.5. The molecule has 0 saturated heterocycles. The van der Waals surface area contributed by atoms with E-state index in [-0.39, 0.29) is 18.8 Å². The maximum absolute atomic E-state index is 10.2. The smallest absolute Gasteiger partial charge is 0.329 e. The highest BCUT2D eigenvalue weighted by Gasteiger charge is 2.22. The van der Waals surface area contributed by atoms with Crippen LogP contribution in [0.3, 0.4) is 0 Å². The van der Waals surface area contributed by atoms with E-state index in [1.807, 2.05) is 0 Å². The summed E-state index contributed by atoms with van der Waals surface area (Å²) in [7, 11) is 1.68. The van der Waals surface area contributed by atoms with E-state index >= 15 is 0 Å². The van der Waals surface area contributed by atoms with Crippen LogP contribution in [0.1, 0.15) is 25.7 Å². The zero-order valence-electron chi connectivity index (χ0n) is 7.86. The molecule has 1 N–H and O–H groups in total. The van der Waals surface area contributed by atoms with Gasteiger partial charge in [0.1, 0.15) is 6.61 Å². The molecule has 2 atom stereocenters. The molecule has 0 heterocycles. The predicted octanol–water partition coefficient (Wildman–Crippen LogP) is 1.05. The van der Waals surface area contributed by atoms with Gasteiger partial charge in [0.2, 0.25) is 0 Å². The minimum Gasteiger partial charge on any atom is -0.480 e. The van der Waals surface area contributed by atoms with Crippen molar-refractivity contribution in [2.75, 3.05) is 13.7 Å². The zero-order chi connectivity index (χ0) is 9.68. The average Bonchev–Trinajstić information content (AvgIpc) is 2.15. The quantitative estimate of drug-likeness (QED) is 0.716. The predicted molar refractivity (Wildman–Crippen MR) is 46.6 cm³/mol. The van der Waals surface area contributed by atoms with E-state index < -0.39 is 5.97 Å². The van der Waals surface area contributed by atoms with Crippen molar-refractivity contribution in [3.05, 3.63) is 0 Å². The van der Waals surface area contributed by atoms with Gasteiger partial charge in [-0.2, -0.15) is 0 Å². The number of rotatable bonds is 4. The van der Waals surface area contributed by atoms with Crippen molar-refractivity contribution in [2.24, 2.45) is 0 Å². The first-order valence-electron chi connectivity index (χ1n) is 4.58. The lowest BCUT2D eigenvalue weighted by Gasteiger charge is -2.27. The lowest BCUT2D eigenvalue weighted by atomic mass is 9.95. The van der Waals surface area contributed by atoms with Crippen LogP contribution < -0.4 is 0 Å². The van der Waals surface area contributed by atoms with Crippen molar-refractivity contribution < 1.29 is 19.4 Å². The monoisotopic (exact) mass is 188 g/mol. The highest BCUT2D eigenvalue weighted by Crippen LogP contribution is 2.22. The number of hydrogen-bond acceptors (Lipinski definition) is 3. The minimum atomic E-state index is -0.903. The molecule has 4 heteroatoms. The first-order chi connectivity index (χ1) is 6.22. The van der Waals surface area contributed by atoms with E-state index in [0.29, 0.717) is 0 Å². The van der Waals surface area contributed by atoms with Crippen LogP contribution in [0.4, 0.5) is 0 Å². The molecule has 1 rings (SSSR count). The van der Waals surface area contributed by atoms with Gasteiger partial charge in [0.05, 0.1) is 12.2 Å². The fraction of sp³-hybridized carbons (Fsp3) is 0.889. The highest BCUT2D eigenvalue weighted by molar-refractivity contribution is 5.68. The molecular weight excluding hydrogens is 172 g/mol. The van der Waals surface area contributed by atoms with E-state index in [2.05, 4.69) is 0 Å². The molecule has 0 bridgehead atoms. The Bertz CT molecular complexity index is 169. The fourth-order valence-electron chi connectivity index (χ4n) is 1.66. The molecule has 0 aliphatic heterocycles. The summed E-state index contributed by atoms with van der Waals surface area (Å²) >= 11 is 0. The summed E-state index contributed by atoms with van der Waals surface area (Å²) in [6.45, 7) is -0.193. The molecule has 1 saturated carbocycles. The van der Waals surface area contributed by atoms with E-state index in [1.165, 1.54) is 0 Å². The van der Waals surface area contributed by atoms with Gasteiger partial charge in [-0.3, -0.25) is 0 Å². The summed E-state index contributed by atoms with van der Waals surface area (Å²) in [4.78, 5) is 10.2. The van der Waals surface area contributed by atoms with Crippen molar-refractivity contribution in [1.29, 1.82) is 0 Å². The molecule has 13 heavy (non-hydrogen) atoms. The van der Waals surface area contributed by atoms with Crippen molar-refractivity contribution >= 4 is 5.97 Å².